The lowest BCUT2D eigenvalue weighted by Gasteiger charge is -2.03. The van der Waals surface area contributed by atoms with E-state index in [4.69, 9.17) is 0 Å². The predicted octanol–water partition coefficient (Wildman–Crippen LogP) is 1.85. The van der Waals surface area contributed by atoms with E-state index < -0.39 is 0 Å². The molecule has 0 saturated heterocycles. The summed E-state index contributed by atoms with van der Waals surface area (Å²) in [5.74, 6) is 0. The van der Waals surface area contributed by atoms with Crippen molar-refractivity contribution in [1.82, 2.24) is 15.1 Å². The molecule has 1 aromatic carbocycles. The molecule has 1 heterocycles. The van der Waals surface area contributed by atoms with Crippen LogP contribution in [0.3, 0.4) is 0 Å². The minimum Gasteiger partial charge on any atom is -0.319 e. The van der Waals surface area contributed by atoms with Crippen molar-refractivity contribution in [2.45, 2.75) is 6.42 Å². The molecule has 0 aliphatic heterocycles. The Bertz CT molecular complexity index is 460. The average molecular weight is 215 g/mol. The molecule has 2 aromatic rings. The lowest BCUT2D eigenvalue weighted by molar-refractivity contribution is 0.768. The second kappa shape index (κ2) is 4.94. The molecule has 0 amide bonds. The first-order valence-corrected chi connectivity index (χ1v) is 5.52. The molecule has 3 nitrogen and oxygen atoms in total. The highest BCUT2D eigenvalue weighted by Gasteiger charge is 2.01. The number of nitrogens with zero attached hydrogens (tertiary/aromatic N) is 2. The standard InChI is InChI=1S/C13H17N3/c1-14-7-6-11-4-3-5-12(8-11)13-9-15-16(2)10-13/h3-5,8-10,14H,6-7H2,1-2H3. The van der Waals surface area contributed by atoms with Crippen LogP contribution in [-0.4, -0.2) is 23.4 Å². The van der Waals surface area contributed by atoms with E-state index in [0.717, 1.165) is 13.0 Å². The molecule has 0 radical (unpaired) electrons. The molecule has 84 valence electrons. The van der Waals surface area contributed by atoms with Crippen LogP contribution in [0.5, 0.6) is 0 Å². The SMILES string of the molecule is CNCCc1cccc(-c2cnn(C)c2)c1. The van der Waals surface area contributed by atoms with Crippen molar-refractivity contribution in [3.05, 3.63) is 42.2 Å². The fraction of sp³-hybridized carbons (Fsp3) is 0.308. The Kier molecular flexibility index (Phi) is 3.37. The third-order valence-electron chi connectivity index (χ3n) is 2.63. The zero-order valence-electron chi connectivity index (χ0n) is 9.77. The quantitative estimate of drug-likeness (QED) is 0.843. The van der Waals surface area contributed by atoms with Gasteiger partial charge in [0.1, 0.15) is 0 Å². The molecule has 2 rings (SSSR count). The van der Waals surface area contributed by atoms with Gasteiger partial charge in [0.15, 0.2) is 0 Å². The Morgan fingerprint density at radius 1 is 1.31 bits per heavy atom. The summed E-state index contributed by atoms with van der Waals surface area (Å²) >= 11 is 0. The molecule has 1 aromatic heterocycles. The summed E-state index contributed by atoms with van der Waals surface area (Å²) < 4.78 is 1.83. The largest absolute Gasteiger partial charge is 0.319 e. The van der Waals surface area contributed by atoms with E-state index in [1.807, 2.05) is 31.2 Å². The summed E-state index contributed by atoms with van der Waals surface area (Å²) in [4.78, 5) is 0. The van der Waals surface area contributed by atoms with Gasteiger partial charge >= 0.3 is 0 Å². The summed E-state index contributed by atoms with van der Waals surface area (Å²) in [6, 6.07) is 8.62. The lowest BCUT2D eigenvalue weighted by Crippen LogP contribution is -2.10. The van der Waals surface area contributed by atoms with Gasteiger partial charge in [0.05, 0.1) is 6.20 Å². The first-order valence-electron chi connectivity index (χ1n) is 5.52. The van der Waals surface area contributed by atoms with Crippen molar-refractivity contribution in [3.63, 3.8) is 0 Å². The molecule has 0 unspecified atom stereocenters. The fourth-order valence-electron chi connectivity index (χ4n) is 1.75. The van der Waals surface area contributed by atoms with Crippen LogP contribution >= 0.6 is 0 Å². The first-order chi connectivity index (χ1) is 7.79. The highest BCUT2D eigenvalue weighted by atomic mass is 15.2. The van der Waals surface area contributed by atoms with Crippen LogP contribution in [0.1, 0.15) is 5.56 Å². The third-order valence-corrected chi connectivity index (χ3v) is 2.63. The van der Waals surface area contributed by atoms with Crippen molar-refractivity contribution >= 4 is 0 Å². The molecule has 0 aliphatic rings. The first kappa shape index (κ1) is 10.9. The number of hydrogen-bond donors (Lipinski definition) is 1. The van der Waals surface area contributed by atoms with E-state index in [2.05, 4.69) is 34.7 Å². The van der Waals surface area contributed by atoms with Crippen LogP contribution in [0.15, 0.2) is 36.7 Å². The van der Waals surface area contributed by atoms with Gasteiger partial charge in [-0.15, -0.1) is 0 Å². The highest BCUT2D eigenvalue weighted by molar-refractivity contribution is 5.62. The third kappa shape index (κ3) is 2.49. The number of likely N-dealkylation sites (N-methyl/N-ethyl adjacent to an activating group) is 1. The van der Waals surface area contributed by atoms with Gasteiger partial charge in [0.2, 0.25) is 0 Å². The van der Waals surface area contributed by atoms with E-state index in [1.165, 1.54) is 16.7 Å². The molecule has 0 aliphatic carbocycles. The Labute approximate surface area is 96.1 Å². The van der Waals surface area contributed by atoms with Crippen molar-refractivity contribution < 1.29 is 0 Å². The Hall–Kier alpha value is -1.61. The average Bonchev–Trinajstić information content (AvgIpc) is 2.74. The number of hydrogen-bond acceptors (Lipinski definition) is 2. The molecule has 16 heavy (non-hydrogen) atoms. The van der Waals surface area contributed by atoms with Crippen LogP contribution < -0.4 is 5.32 Å². The minimum absolute atomic E-state index is 1.01. The molecule has 0 atom stereocenters. The van der Waals surface area contributed by atoms with E-state index >= 15 is 0 Å². The van der Waals surface area contributed by atoms with Gasteiger partial charge in [0.25, 0.3) is 0 Å². The van der Waals surface area contributed by atoms with Gasteiger partial charge in [-0.25, -0.2) is 0 Å². The van der Waals surface area contributed by atoms with Crippen LogP contribution in [0.2, 0.25) is 0 Å². The Morgan fingerprint density at radius 2 is 2.19 bits per heavy atom. The predicted molar refractivity (Wildman–Crippen MR) is 66.3 cm³/mol. The molecular weight excluding hydrogens is 198 g/mol. The van der Waals surface area contributed by atoms with Gasteiger partial charge in [0, 0.05) is 18.8 Å². The zero-order chi connectivity index (χ0) is 11.4. The van der Waals surface area contributed by atoms with Gasteiger partial charge in [-0.3, -0.25) is 4.68 Å². The normalized spacial score (nSPS) is 10.6. The molecule has 1 N–H and O–H groups in total. The number of rotatable bonds is 4. The van der Waals surface area contributed by atoms with Crippen LogP contribution in [0, 0.1) is 0 Å². The van der Waals surface area contributed by atoms with Crippen molar-refractivity contribution in [3.8, 4) is 11.1 Å². The van der Waals surface area contributed by atoms with Crippen molar-refractivity contribution in [1.29, 1.82) is 0 Å². The number of nitrogens with one attached hydrogen (secondary N) is 1. The molecular formula is C13H17N3. The molecule has 0 fully saturated rings. The maximum absolute atomic E-state index is 4.19. The monoisotopic (exact) mass is 215 g/mol. The lowest BCUT2D eigenvalue weighted by atomic mass is 10.0. The Morgan fingerprint density at radius 3 is 2.88 bits per heavy atom. The second-order valence-corrected chi connectivity index (χ2v) is 3.96. The maximum Gasteiger partial charge on any atom is 0.0568 e. The summed E-state index contributed by atoms with van der Waals surface area (Å²) in [5, 5.41) is 7.35. The van der Waals surface area contributed by atoms with Gasteiger partial charge in [-0.1, -0.05) is 24.3 Å². The van der Waals surface area contributed by atoms with Crippen LogP contribution in [-0.2, 0) is 13.5 Å². The second-order valence-electron chi connectivity index (χ2n) is 3.96. The highest BCUT2D eigenvalue weighted by Crippen LogP contribution is 2.19. The molecule has 0 saturated carbocycles. The van der Waals surface area contributed by atoms with Crippen molar-refractivity contribution in [2.24, 2.45) is 7.05 Å². The van der Waals surface area contributed by atoms with Gasteiger partial charge in [-0.2, -0.15) is 5.10 Å². The van der Waals surface area contributed by atoms with Crippen LogP contribution in [0.4, 0.5) is 0 Å². The molecule has 0 bridgehead atoms. The topological polar surface area (TPSA) is 29.9 Å². The number of aryl methyl sites for hydroxylation is 1. The smallest absolute Gasteiger partial charge is 0.0568 e. The van der Waals surface area contributed by atoms with Crippen LogP contribution in [0.25, 0.3) is 11.1 Å². The molecule has 0 spiro atoms. The number of aromatic nitrogens is 2. The molecule has 3 heteroatoms. The van der Waals surface area contributed by atoms with E-state index in [-0.39, 0.29) is 0 Å². The van der Waals surface area contributed by atoms with Crippen molar-refractivity contribution in [2.75, 3.05) is 13.6 Å². The summed E-state index contributed by atoms with van der Waals surface area (Å²) in [5.41, 5.74) is 3.77. The van der Waals surface area contributed by atoms with Gasteiger partial charge < -0.3 is 5.32 Å². The zero-order valence-corrected chi connectivity index (χ0v) is 9.77. The summed E-state index contributed by atoms with van der Waals surface area (Å²) in [6.07, 6.45) is 5.00. The minimum atomic E-state index is 1.01. The maximum atomic E-state index is 4.19. The Balaban J connectivity index is 2.22. The van der Waals surface area contributed by atoms with E-state index in [9.17, 15) is 0 Å². The van der Waals surface area contributed by atoms with E-state index in [0.29, 0.717) is 0 Å². The summed E-state index contributed by atoms with van der Waals surface area (Å²) in [7, 11) is 3.92. The number of benzene rings is 1. The van der Waals surface area contributed by atoms with E-state index in [1.54, 1.807) is 0 Å². The summed E-state index contributed by atoms with van der Waals surface area (Å²) in [6.45, 7) is 1.01. The fourth-order valence-corrected chi connectivity index (χ4v) is 1.75. The van der Waals surface area contributed by atoms with Gasteiger partial charge in [-0.05, 0) is 31.1 Å².